The first-order chi connectivity index (χ1) is 13.6. The molecule has 0 aliphatic carbocycles. The van der Waals surface area contributed by atoms with E-state index in [-0.39, 0.29) is 6.03 Å². The number of rotatable bonds is 6. The van der Waals surface area contributed by atoms with Gasteiger partial charge in [0.05, 0.1) is 23.5 Å². The number of esters is 1. The summed E-state index contributed by atoms with van der Waals surface area (Å²) in [6.45, 7) is 4.89. The molecular weight excluding hydrogens is 400 g/mol. The second-order valence-corrected chi connectivity index (χ2v) is 7.64. The van der Waals surface area contributed by atoms with Gasteiger partial charge in [0.2, 0.25) is 0 Å². The summed E-state index contributed by atoms with van der Waals surface area (Å²) in [6.07, 6.45) is 0. The van der Waals surface area contributed by atoms with Crippen molar-refractivity contribution in [3.05, 3.63) is 45.6 Å². The van der Waals surface area contributed by atoms with Crippen LogP contribution in [0, 0.1) is 0 Å². The van der Waals surface area contributed by atoms with Gasteiger partial charge in [-0.25, -0.2) is 9.59 Å². The number of methoxy groups -OCH3 is 1. The molecule has 1 aliphatic rings. The van der Waals surface area contributed by atoms with Crippen LogP contribution in [0.5, 0.6) is 0 Å². The molecule has 1 aromatic heterocycles. The summed E-state index contributed by atoms with van der Waals surface area (Å²) in [5.74, 6) is -0.457. The van der Waals surface area contributed by atoms with Crippen LogP contribution in [-0.4, -0.2) is 63.3 Å². The van der Waals surface area contributed by atoms with Gasteiger partial charge >= 0.3 is 12.0 Å². The first kappa shape index (κ1) is 20.4. The molecule has 0 unspecified atom stereocenters. The zero-order valence-corrected chi connectivity index (χ0v) is 17.2. The van der Waals surface area contributed by atoms with Crippen molar-refractivity contribution in [3.63, 3.8) is 0 Å². The number of hydrogen-bond acceptors (Lipinski definition) is 6. The Labute approximate surface area is 173 Å². The zero-order valence-electron chi connectivity index (χ0n) is 15.6. The summed E-state index contributed by atoms with van der Waals surface area (Å²) in [5.41, 5.74) is 1.53. The lowest BCUT2D eigenvalue weighted by molar-refractivity contribution is 0.0607. The number of piperazine rings is 1. The molecule has 3 rings (SSSR count). The molecule has 0 saturated carbocycles. The Kier molecular flexibility index (Phi) is 7.13. The minimum absolute atomic E-state index is 0.335. The van der Waals surface area contributed by atoms with Crippen molar-refractivity contribution in [2.45, 2.75) is 0 Å². The summed E-state index contributed by atoms with van der Waals surface area (Å²) in [6, 6.07) is 9.23. The highest BCUT2D eigenvalue weighted by Gasteiger charge is 2.19. The molecule has 2 N–H and O–H groups in total. The Balaban J connectivity index is 1.39. The van der Waals surface area contributed by atoms with Crippen LogP contribution in [-0.2, 0) is 4.74 Å². The number of nitrogens with one attached hydrogen (secondary N) is 2. The van der Waals surface area contributed by atoms with Crippen molar-refractivity contribution in [1.82, 2.24) is 10.2 Å². The number of amides is 2. The average molecular weight is 423 g/mol. The van der Waals surface area contributed by atoms with Crippen LogP contribution in [0.3, 0.4) is 0 Å². The molecule has 1 fully saturated rings. The normalized spacial score (nSPS) is 14.6. The van der Waals surface area contributed by atoms with E-state index in [2.05, 4.69) is 20.4 Å². The van der Waals surface area contributed by atoms with Crippen LogP contribution < -0.4 is 15.5 Å². The van der Waals surface area contributed by atoms with Gasteiger partial charge in [-0.05, 0) is 23.6 Å². The fourth-order valence-electron chi connectivity index (χ4n) is 3.07. The van der Waals surface area contributed by atoms with Gasteiger partial charge in [0.25, 0.3) is 0 Å². The number of para-hydroxylation sites is 1. The minimum Gasteiger partial charge on any atom is -0.465 e. The monoisotopic (exact) mass is 422 g/mol. The average Bonchev–Trinajstić information content (AvgIpc) is 3.16. The van der Waals surface area contributed by atoms with E-state index in [4.69, 9.17) is 16.3 Å². The first-order valence-corrected chi connectivity index (χ1v) is 10.3. The summed E-state index contributed by atoms with van der Waals surface area (Å²) in [5, 5.41) is 8.04. The first-order valence-electron chi connectivity index (χ1n) is 9.01. The standard InChI is InChI=1S/C19H23ClN4O3S/c1-27-18(25)17-15(6-13-28-17)22-19(26)21-7-8-23-9-11-24(12-10-23)16-5-3-2-4-14(16)20/h2-6,13H,7-12H2,1H3,(H2,21,22,26). The van der Waals surface area contributed by atoms with Crippen molar-refractivity contribution in [3.8, 4) is 0 Å². The molecule has 9 heteroatoms. The molecule has 2 aromatic rings. The van der Waals surface area contributed by atoms with Gasteiger partial charge in [-0.1, -0.05) is 23.7 Å². The lowest BCUT2D eigenvalue weighted by atomic mass is 10.2. The van der Waals surface area contributed by atoms with Crippen LogP contribution in [0.25, 0.3) is 0 Å². The Morgan fingerprint density at radius 1 is 1.18 bits per heavy atom. The van der Waals surface area contributed by atoms with Gasteiger partial charge < -0.3 is 20.3 Å². The van der Waals surface area contributed by atoms with Gasteiger partial charge in [-0.2, -0.15) is 0 Å². The molecule has 1 aliphatic heterocycles. The zero-order chi connectivity index (χ0) is 19.9. The highest BCUT2D eigenvalue weighted by molar-refractivity contribution is 7.12. The van der Waals surface area contributed by atoms with Crippen molar-refractivity contribution < 1.29 is 14.3 Å². The van der Waals surface area contributed by atoms with Gasteiger partial charge in [-0.15, -0.1) is 11.3 Å². The van der Waals surface area contributed by atoms with Gasteiger partial charge in [0, 0.05) is 39.3 Å². The van der Waals surface area contributed by atoms with Crippen molar-refractivity contribution in [2.75, 3.05) is 56.6 Å². The molecule has 1 saturated heterocycles. The summed E-state index contributed by atoms with van der Waals surface area (Å²) in [7, 11) is 1.32. The van der Waals surface area contributed by atoms with Crippen molar-refractivity contribution in [2.24, 2.45) is 0 Å². The van der Waals surface area contributed by atoms with Crippen LogP contribution in [0.2, 0.25) is 5.02 Å². The number of anilines is 2. The fraction of sp³-hybridized carbons (Fsp3) is 0.368. The molecule has 2 heterocycles. The van der Waals surface area contributed by atoms with Crippen LogP contribution in [0.15, 0.2) is 35.7 Å². The number of urea groups is 1. The van der Waals surface area contributed by atoms with Gasteiger partial charge in [-0.3, -0.25) is 4.90 Å². The predicted octanol–water partition coefficient (Wildman–Crippen LogP) is 3.13. The van der Waals surface area contributed by atoms with E-state index in [1.165, 1.54) is 18.4 Å². The van der Waals surface area contributed by atoms with E-state index in [0.717, 1.165) is 43.4 Å². The second kappa shape index (κ2) is 9.77. The maximum Gasteiger partial charge on any atom is 0.350 e. The number of carbonyl (C=O) groups excluding carboxylic acids is 2. The number of hydrogen-bond donors (Lipinski definition) is 2. The van der Waals surface area contributed by atoms with Crippen LogP contribution >= 0.6 is 22.9 Å². The molecular formula is C19H23ClN4O3S. The van der Waals surface area contributed by atoms with Gasteiger partial charge in [0.15, 0.2) is 0 Å². The third-order valence-electron chi connectivity index (χ3n) is 4.56. The Hall–Kier alpha value is -2.29. The number of halogens is 1. The second-order valence-electron chi connectivity index (χ2n) is 6.32. The number of ether oxygens (including phenoxy) is 1. The molecule has 1 aromatic carbocycles. The summed E-state index contributed by atoms with van der Waals surface area (Å²) in [4.78, 5) is 28.7. The molecule has 150 valence electrons. The summed E-state index contributed by atoms with van der Waals surface area (Å²) < 4.78 is 4.71. The molecule has 2 amide bonds. The largest absolute Gasteiger partial charge is 0.465 e. The Morgan fingerprint density at radius 2 is 1.93 bits per heavy atom. The highest BCUT2D eigenvalue weighted by Crippen LogP contribution is 2.26. The van der Waals surface area contributed by atoms with E-state index < -0.39 is 5.97 Å². The summed E-state index contributed by atoms with van der Waals surface area (Å²) >= 11 is 7.50. The van der Waals surface area contributed by atoms with E-state index in [0.29, 0.717) is 17.1 Å². The molecule has 0 radical (unpaired) electrons. The van der Waals surface area contributed by atoms with Crippen molar-refractivity contribution >= 4 is 46.3 Å². The lowest BCUT2D eigenvalue weighted by Gasteiger charge is -2.36. The lowest BCUT2D eigenvalue weighted by Crippen LogP contribution is -2.48. The molecule has 0 atom stereocenters. The Morgan fingerprint density at radius 3 is 2.64 bits per heavy atom. The SMILES string of the molecule is COC(=O)c1sccc1NC(=O)NCCN1CCN(c2ccccc2Cl)CC1. The third kappa shape index (κ3) is 5.15. The number of thiophene rings is 1. The predicted molar refractivity (Wildman–Crippen MR) is 113 cm³/mol. The van der Waals surface area contributed by atoms with E-state index in [9.17, 15) is 9.59 Å². The smallest absolute Gasteiger partial charge is 0.350 e. The number of carbonyl (C=O) groups is 2. The highest BCUT2D eigenvalue weighted by atomic mass is 35.5. The van der Waals surface area contributed by atoms with E-state index in [1.54, 1.807) is 11.4 Å². The molecule has 0 bridgehead atoms. The minimum atomic E-state index is -0.457. The van der Waals surface area contributed by atoms with E-state index in [1.807, 2.05) is 24.3 Å². The van der Waals surface area contributed by atoms with Gasteiger partial charge in [0.1, 0.15) is 4.88 Å². The maximum absolute atomic E-state index is 12.1. The third-order valence-corrected chi connectivity index (χ3v) is 5.78. The quantitative estimate of drug-likeness (QED) is 0.699. The van der Waals surface area contributed by atoms with Crippen LogP contribution in [0.1, 0.15) is 9.67 Å². The van der Waals surface area contributed by atoms with E-state index >= 15 is 0 Å². The number of nitrogens with zero attached hydrogens (tertiary/aromatic N) is 2. The Bertz CT molecular complexity index is 821. The van der Waals surface area contributed by atoms with Crippen LogP contribution in [0.4, 0.5) is 16.2 Å². The molecule has 7 nitrogen and oxygen atoms in total. The maximum atomic E-state index is 12.1. The van der Waals surface area contributed by atoms with Crippen molar-refractivity contribution in [1.29, 1.82) is 0 Å². The fourth-order valence-corrected chi connectivity index (χ4v) is 4.09. The molecule has 28 heavy (non-hydrogen) atoms. The topological polar surface area (TPSA) is 73.9 Å². The number of benzene rings is 1. The molecule has 0 spiro atoms.